The van der Waals surface area contributed by atoms with Gasteiger partial charge >= 0.3 is 0 Å². The molecule has 0 bridgehead atoms. The summed E-state index contributed by atoms with van der Waals surface area (Å²) in [4.78, 5) is 26.4. The normalized spacial score (nSPS) is 18.6. The smallest absolute Gasteiger partial charge is 0.226 e. The van der Waals surface area contributed by atoms with E-state index in [4.69, 9.17) is 4.74 Å². The van der Waals surface area contributed by atoms with Gasteiger partial charge < -0.3 is 15.0 Å². The van der Waals surface area contributed by atoms with Gasteiger partial charge in [-0.25, -0.2) is 4.39 Å². The number of amides is 2. The highest BCUT2D eigenvalue weighted by Crippen LogP contribution is 2.21. The molecule has 6 heteroatoms. The minimum Gasteiger partial charge on any atom is -0.383 e. The number of hydrogen-bond acceptors (Lipinski definition) is 3. The van der Waals surface area contributed by atoms with Crippen LogP contribution in [-0.2, 0) is 14.3 Å². The van der Waals surface area contributed by atoms with Gasteiger partial charge in [-0.2, -0.15) is 0 Å². The van der Waals surface area contributed by atoms with Gasteiger partial charge in [0.05, 0.1) is 6.61 Å². The SMILES string of the molecule is COCCN1CCCCC(CC(=O)Nc2cccc(F)c2)C1=O. The Morgan fingerprint density at radius 1 is 1.43 bits per heavy atom. The molecule has 2 amide bonds. The highest BCUT2D eigenvalue weighted by atomic mass is 19.1. The number of carbonyl (C=O) groups excluding carboxylic acids is 2. The molecule has 2 rings (SSSR count). The summed E-state index contributed by atoms with van der Waals surface area (Å²) >= 11 is 0. The van der Waals surface area contributed by atoms with E-state index in [-0.39, 0.29) is 24.2 Å². The van der Waals surface area contributed by atoms with Crippen LogP contribution in [0.3, 0.4) is 0 Å². The fraction of sp³-hybridized carbons (Fsp3) is 0.529. The number of carbonyl (C=O) groups is 2. The summed E-state index contributed by atoms with van der Waals surface area (Å²) < 4.78 is 18.2. The molecular weight excluding hydrogens is 299 g/mol. The third-order valence-electron chi connectivity index (χ3n) is 4.00. The summed E-state index contributed by atoms with van der Waals surface area (Å²) in [6.07, 6.45) is 2.70. The first-order valence-electron chi connectivity index (χ1n) is 7.93. The van der Waals surface area contributed by atoms with Crippen molar-refractivity contribution in [1.29, 1.82) is 0 Å². The van der Waals surface area contributed by atoms with Crippen LogP contribution in [0.15, 0.2) is 24.3 Å². The number of ether oxygens (including phenoxy) is 1. The molecule has 0 saturated carbocycles. The van der Waals surface area contributed by atoms with Gasteiger partial charge in [0.1, 0.15) is 5.82 Å². The lowest BCUT2D eigenvalue weighted by atomic mass is 9.98. The maximum Gasteiger partial charge on any atom is 0.226 e. The first-order chi connectivity index (χ1) is 11.1. The van der Waals surface area contributed by atoms with E-state index in [9.17, 15) is 14.0 Å². The molecule has 1 fully saturated rings. The van der Waals surface area contributed by atoms with E-state index >= 15 is 0 Å². The number of likely N-dealkylation sites (tertiary alicyclic amines) is 1. The third-order valence-corrected chi connectivity index (χ3v) is 4.00. The highest BCUT2D eigenvalue weighted by molar-refractivity contribution is 5.94. The average molecular weight is 322 g/mol. The van der Waals surface area contributed by atoms with Crippen LogP contribution in [0.4, 0.5) is 10.1 Å². The van der Waals surface area contributed by atoms with Crippen LogP contribution >= 0.6 is 0 Å². The molecule has 1 aromatic carbocycles. The Balaban J connectivity index is 1.93. The zero-order valence-electron chi connectivity index (χ0n) is 13.4. The van der Waals surface area contributed by atoms with Crippen LogP contribution in [0.5, 0.6) is 0 Å². The van der Waals surface area contributed by atoms with E-state index in [0.717, 1.165) is 12.8 Å². The zero-order valence-corrected chi connectivity index (χ0v) is 13.4. The Kier molecular flexibility index (Phi) is 6.52. The van der Waals surface area contributed by atoms with Crippen molar-refractivity contribution in [3.63, 3.8) is 0 Å². The van der Waals surface area contributed by atoms with Gasteiger partial charge in [-0.15, -0.1) is 0 Å². The number of benzene rings is 1. The number of halogens is 1. The number of methoxy groups -OCH3 is 1. The Bertz CT molecular complexity index is 550. The Hall–Kier alpha value is -1.95. The second kappa shape index (κ2) is 8.62. The zero-order chi connectivity index (χ0) is 16.7. The average Bonchev–Trinajstić information content (AvgIpc) is 2.68. The van der Waals surface area contributed by atoms with Crippen molar-refractivity contribution >= 4 is 17.5 Å². The Morgan fingerprint density at radius 3 is 3.00 bits per heavy atom. The molecule has 1 aromatic rings. The molecule has 1 unspecified atom stereocenters. The summed E-state index contributed by atoms with van der Waals surface area (Å²) in [6, 6.07) is 5.74. The molecular formula is C17H23FN2O3. The van der Waals surface area contributed by atoms with Crippen molar-refractivity contribution in [3.8, 4) is 0 Å². The largest absolute Gasteiger partial charge is 0.383 e. The quantitative estimate of drug-likeness (QED) is 0.875. The molecule has 1 saturated heterocycles. The van der Waals surface area contributed by atoms with E-state index in [1.54, 1.807) is 18.1 Å². The highest BCUT2D eigenvalue weighted by Gasteiger charge is 2.28. The molecule has 126 valence electrons. The lowest BCUT2D eigenvalue weighted by Crippen LogP contribution is -2.38. The van der Waals surface area contributed by atoms with Gasteiger partial charge in [-0.05, 0) is 31.0 Å². The number of nitrogens with one attached hydrogen (secondary N) is 1. The molecule has 1 atom stereocenters. The molecule has 0 aliphatic carbocycles. The first-order valence-corrected chi connectivity index (χ1v) is 7.93. The van der Waals surface area contributed by atoms with Crippen molar-refractivity contribution < 1.29 is 18.7 Å². The number of rotatable bonds is 6. The predicted molar refractivity (Wildman–Crippen MR) is 85.4 cm³/mol. The molecule has 23 heavy (non-hydrogen) atoms. The molecule has 1 heterocycles. The van der Waals surface area contributed by atoms with E-state index < -0.39 is 5.82 Å². The Labute approximate surface area is 135 Å². The van der Waals surface area contributed by atoms with Gasteiger partial charge in [-0.1, -0.05) is 12.5 Å². The summed E-state index contributed by atoms with van der Waals surface area (Å²) in [6.45, 7) is 1.76. The van der Waals surface area contributed by atoms with Gasteiger partial charge in [0.25, 0.3) is 0 Å². The molecule has 0 radical (unpaired) electrons. The molecule has 1 aliphatic rings. The lowest BCUT2D eigenvalue weighted by Gasteiger charge is -2.23. The number of anilines is 1. The molecule has 5 nitrogen and oxygen atoms in total. The van der Waals surface area contributed by atoms with Crippen LogP contribution in [0, 0.1) is 11.7 Å². The summed E-state index contributed by atoms with van der Waals surface area (Å²) in [7, 11) is 1.60. The topological polar surface area (TPSA) is 58.6 Å². The minimum absolute atomic E-state index is 0.00828. The fourth-order valence-electron chi connectivity index (χ4n) is 2.80. The van der Waals surface area contributed by atoms with Gasteiger partial charge in [0.15, 0.2) is 0 Å². The van der Waals surface area contributed by atoms with Crippen molar-refractivity contribution in [3.05, 3.63) is 30.1 Å². The van der Waals surface area contributed by atoms with Crippen LogP contribution in [0.1, 0.15) is 25.7 Å². The molecule has 1 N–H and O–H groups in total. The molecule has 0 aromatic heterocycles. The third kappa shape index (κ3) is 5.32. The van der Waals surface area contributed by atoms with Gasteiger partial charge in [0.2, 0.25) is 11.8 Å². The van der Waals surface area contributed by atoms with Gasteiger partial charge in [0, 0.05) is 38.2 Å². The van der Waals surface area contributed by atoms with Crippen LogP contribution in [0.25, 0.3) is 0 Å². The first kappa shape index (κ1) is 17.4. The fourth-order valence-corrected chi connectivity index (χ4v) is 2.80. The van der Waals surface area contributed by atoms with Crippen molar-refractivity contribution in [2.24, 2.45) is 5.92 Å². The van der Waals surface area contributed by atoms with Crippen molar-refractivity contribution in [1.82, 2.24) is 4.90 Å². The molecule has 0 spiro atoms. The van der Waals surface area contributed by atoms with E-state index in [1.165, 1.54) is 18.2 Å². The summed E-state index contributed by atoms with van der Waals surface area (Å²) in [5.41, 5.74) is 0.410. The van der Waals surface area contributed by atoms with Crippen molar-refractivity contribution in [2.75, 3.05) is 32.1 Å². The summed E-state index contributed by atoms with van der Waals surface area (Å²) in [5, 5.41) is 2.65. The predicted octanol–water partition coefficient (Wildman–Crippen LogP) is 2.43. The number of nitrogens with zero attached hydrogens (tertiary/aromatic N) is 1. The molecule has 1 aliphatic heterocycles. The lowest BCUT2D eigenvalue weighted by molar-refractivity contribution is -0.137. The maximum absolute atomic E-state index is 13.1. The van der Waals surface area contributed by atoms with Crippen LogP contribution in [0.2, 0.25) is 0 Å². The van der Waals surface area contributed by atoms with Crippen LogP contribution in [-0.4, -0.2) is 43.5 Å². The number of hydrogen-bond donors (Lipinski definition) is 1. The van der Waals surface area contributed by atoms with Gasteiger partial charge in [-0.3, -0.25) is 9.59 Å². The second-order valence-corrected chi connectivity index (χ2v) is 5.77. The monoisotopic (exact) mass is 322 g/mol. The second-order valence-electron chi connectivity index (χ2n) is 5.77. The maximum atomic E-state index is 13.1. The van der Waals surface area contributed by atoms with E-state index in [2.05, 4.69) is 5.32 Å². The Morgan fingerprint density at radius 2 is 2.26 bits per heavy atom. The van der Waals surface area contributed by atoms with E-state index in [0.29, 0.717) is 31.8 Å². The summed E-state index contributed by atoms with van der Waals surface area (Å²) in [5.74, 6) is -0.974. The van der Waals surface area contributed by atoms with E-state index in [1.807, 2.05) is 0 Å². The van der Waals surface area contributed by atoms with Crippen LogP contribution < -0.4 is 5.32 Å². The van der Waals surface area contributed by atoms with Crippen molar-refractivity contribution in [2.45, 2.75) is 25.7 Å². The minimum atomic E-state index is -0.404. The standard InChI is InChI=1S/C17H23FN2O3/c1-23-10-9-20-8-3-2-5-13(17(20)22)11-16(21)19-15-7-4-6-14(18)12-15/h4,6-7,12-13H,2-3,5,8-11H2,1H3,(H,19,21).